The molecule has 3 fully saturated rings. The molecule has 0 saturated carbocycles. The summed E-state index contributed by atoms with van der Waals surface area (Å²) in [6.45, 7) is 6.60. The molecule has 0 spiro atoms. The van der Waals surface area contributed by atoms with Gasteiger partial charge in [0.2, 0.25) is 70.9 Å². The molecule has 560 valence electrons. The van der Waals surface area contributed by atoms with E-state index in [1.54, 1.807) is 88.4 Å². The normalized spacial score (nSPS) is 27.2. The summed E-state index contributed by atoms with van der Waals surface area (Å²) in [4.78, 5) is 176. The number of ether oxygens (including phenoxy) is 2. The SMILES string of the molecule is CO[C@@H]1O[C@H](Cn2cc(C[C@@H]3NC(=O)[C@@H]4CCCN4C(=O)[C@@H](Cc4ccccc4)NC(=O)[C@H](CC(C)C)NC(=O)[C@H](CCCN)NC(=O)[C@H](C(C)C)NC(=O)[C@H](Cc4ccc(O)cc4)NC(=O)[C@H](CCC(N)=O)NC(=O)[C@H](CC(N)=O)NC(=O)[C@@H](Cc4ccccc4)NC3=O)nn2)[C@@H](O)[C@H](O)[C@H]1N. The lowest BCUT2D eigenvalue weighted by Gasteiger charge is -2.40. The van der Waals surface area contributed by atoms with Crippen molar-refractivity contribution < 1.29 is 82.3 Å². The Morgan fingerprint density at radius 2 is 1.08 bits per heavy atom. The van der Waals surface area contributed by atoms with Crippen molar-refractivity contribution in [3.05, 3.63) is 114 Å². The molecule has 103 heavy (non-hydrogen) atoms. The van der Waals surface area contributed by atoms with Crippen LogP contribution in [0.2, 0.25) is 0 Å². The highest BCUT2D eigenvalue weighted by atomic mass is 16.7. The summed E-state index contributed by atoms with van der Waals surface area (Å²) in [6, 6.07) is 5.74. The third-order valence-corrected chi connectivity index (χ3v) is 17.9. The van der Waals surface area contributed by atoms with E-state index in [4.69, 9.17) is 32.4 Å². The van der Waals surface area contributed by atoms with E-state index in [2.05, 4.69) is 58.2 Å². The minimum atomic E-state index is -1.93. The third kappa shape index (κ3) is 23.5. The summed E-state index contributed by atoms with van der Waals surface area (Å²) < 4.78 is 12.3. The molecule has 1 aromatic heterocycles. The fraction of sp³-hybridized carbons (Fsp3) is 0.536. The Morgan fingerprint density at radius 1 is 0.592 bits per heavy atom. The van der Waals surface area contributed by atoms with E-state index in [1.807, 2.05) is 0 Å². The highest BCUT2D eigenvalue weighted by Gasteiger charge is 2.45. The summed E-state index contributed by atoms with van der Waals surface area (Å²) >= 11 is 0. The fourth-order valence-corrected chi connectivity index (χ4v) is 12.3. The summed E-state index contributed by atoms with van der Waals surface area (Å²) in [5.41, 5.74) is 24.7. The van der Waals surface area contributed by atoms with Gasteiger partial charge in [0.05, 0.1) is 24.7 Å². The number of aromatic hydroxyl groups is 1. The molecule has 4 heterocycles. The van der Waals surface area contributed by atoms with Gasteiger partial charge in [-0.2, -0.15) is 0 Å². The van der Waals surface area contributed by atoms with Crippen LogP contribution in [-0.4, -0.2) is 217 Å². The molecule has 3 aliphatic rings. The molecular weight excluding hydrogens is 1340 g/mol. The molecule has 15 atom stereocenters. The minimum absolute atomic E-state index is 0.0105. The van der Waals surface area contributed by atoms with Crippen LogP contribution >= 0.6 is 0 Å². The Bertz CT molecular complexity index is 3590. The van der Waals surface area contributed by atoms with Gasteiger partial charge in [0.1, 0.15) is 84.5 Å². The molecule has 0 bridgehead atoms. The number of hydrogen-bond donors (Lipinski definition) is 16. The van der Waals surface area contributed by atoms with Crippen LogP contribution in [0, 0.1) is 11.8 Å². The number of rotatable bonds is 22. The van der Waals surface area contributed by atoms with Crippen LogP contribution < -0.4 is 70.8 Å². The van der Waals surface area contributed by atoms with E-state index in [-0.39, 0.29) is 88.4 Å². The van der Waals surface area contributed by atoms with Gasteiger partial charge in [-0.25, -0.2) is 4.68 Å². The standard InChI is InChI=1S/C69H97N17O17/c1-36(2)28-45-61(94)81-50(31-39-16-10-7-11-17-39)68(101)86-27-13-19-51(86)66(99)80-48(32-41-34-85(84-83-41)35-52-57(90)58(91)55(73)69(102-5)103-52)63(96)78-46(29-38-14-8-6-9-15-38)62(95)79-49(33-54(72)89)64(97)74-44(24-25-53(71)88)60(93)77-47(30-40-20-22-42(87)23-21-40)65(98)82-56(37(3)4)67(100)75-43(18-12-26-70)59(92)76-45/h6-11,14-17,20-23,34,36-37,43-52,55-58,69,87,90-91H,12-13,18-19,24-33,35,70,73H2,1-5H3,(H2,71,88)(H2,72,89)(H,74,97)(H,75,100)(H,76,92)(H,77,93)(H,78,96)(H,79,95)(H,80,99)(H,81,94)(H,82,98)/t43-,44-,45-,46+,47-,48-,49-,50+,51-,52+,55+,56-,57+,58+,69+/m0/s1. The quantitative estimate of drug-likeness (QED) is 0.0353. The topological polar surface area (TPSA) is 530 Å². The lowest BCUT2D eigenvalue weighted by Crippen LogP contribution is -2.62. The van der Waals surface area contributed by atoms with Crippen molar-refractivity contribution in [3.8, 4) is 5.75 Å². The van der Waals surface area contributed by atoms with Crippen LogP contribution in [0.3, 0.4) is 0 Å². The molecule has 7 rings (SSSR count). The second kappa shape index (κ2) is 38.3. The van der Waals surface area contributed by atoms with E-state index in [1.165, 1.54) is 47.2 Å². The van der Waals surface area contributed by atoms with E-state index >= 15 is 14.4 Å². The van der Waals surface area contributed by atoms with Crippen molar-refractivity contribution in [1.29, 1.82) is 0 Å². The number of nitrogens with zero attached hydrogens (tertiary/aromatic N) is 4. The second-order valence-electron chi connectivity index (χ2n) is 26.9. The summed E-state index contributed by atoms with van der Waals surface area (Å²) in [6.07, 6.45) is -6.72. The zero-order valence-electron chi connectivity index (χ0n) is 58.2. The van der Waals surface area contributed by atoms with Gasteiger partial charge in [-0.3, -0.25) is 57.5 Å². The van der Waals surface area contributed by atoms with Crippen LogP contribution in [0.1, 0.15) is 101 Å². The molecule has 20 N–H and O–H groups in total. The number of fused-ring (bicyclic) bond motifs is 1. The van der Waals surface area contributed by atoms with Crippen LogP contribution in [0.15, 0.2) is 91.1 Å². The number of benzene rings is 3. The molecule has 3 aromatic carbocycles. The van der Waals surface area contributed by atoms with Crippen molar-refractivity contribution in [2.24, 2.45) is 34.8 Å². The monoisotopic (exact) mass is 1440 g/mol. The highest BCUT2D eigenvalue weighted by Crippen LogP contribution is 2.24. The molecule has 3 aliphatic heterocycles. The van der Waals surface area contributed by atoms with Gasteiger partial charge in [-0.1, -0.05) is 106 Å². The number of hydrogen-bond acceptors (Lipinski definition) is 21. The largest absolute Gasteiger partial charge is 0.508 e. The Hall–Kier alpha value is -10.0. The Labute approximate surface area is 595 Å². The van der Waals surface area contributed by atoms with Crippen LogP contribution in [0.5, 0.6) is 5.75 Å². The van der Waals surface area contributed by atoms with Crippen molar-refractivity contribution >= 4 is 70.9 Å². The van der Waals surface area contributed by atoms with Crippen molar-refractivity contribution in [2.75, 3.05) is 20.2 Å². The number of aromatic nitrogens is 3. The van der Waals surface area contributed by atoms with E-state index in [0.717, 1.165) is 0 Å². The molecule has 3 saturated heterocycles. The van der Waals surface area contributed by atoms with Gasteiger partial charge >= 0.3 is 0 Å². The molecule has 0 radical (unpaired) electrons. The maximum Gasteiger partial charge on any atom is 0.246 e. The lowest BCUT2D eigenvalue weighted by atomic mass is 9.97. The molecule has 34 nitrogen and oxygen atoms in total. The fourth-order valence-electron chi connectivity index (χ4n) is 12.3. The number of phenolic OH excluding ortho intramolecular Hbond substituents is 1. The Balaban J connectivity index is 1.33. The van der Waals surface area contributed by atoms with Gasteiger partial charge in [0.25, 0.3) is 0 Å². The van der Waals surface area contributed by atoms with Gasteiger partial charge < -0.3 is 100 Å². The summed E-state index contributed by atoms with van der Waals surface area (Å²) in [5.74, 6) is -12.7. The van der Waals surface area contributed by atoms with Gasteiger partial charge in [0, 0.05) is 52.0 Å². The number of primary amides is 2. The van der Waals surface area contributed by atoms with Crippen LogP contribution in [0.25, 0.3) is 0 Å². The van der Waals surface area contributed by atoms with Gasteiger partial charge in [-0.15, -0.1) is 5.10 Å². The first-order chi connectivity index (χ1) is 49.0. The number of phenols is 1. The molecule has 34 heteroatoms. The van der Waals surface area contributed by atoms with E-state index < -0.39 is 194 Å². The zero-order valence-corrected chi connectivity index (χ0v) is 58.2. The Morgan fingerprint density at radius 3 is 1.64 bits per heavy atom. The molecular formula is C69H97N17O17. The molecule has 4 aromatic rings. The van der Waals surface area contributed by atoms with Crippen molar-refractivity contribution in [2.45, 2.75) is 202 Å². The number of aliphatic hydroxyl groups is 2. The summed E-state index contributed by atoms with van der Waals surface area (Å²) in [5, 5.41) is 64.2. The first kappa shape index (κ1) is 80.3. The number of nitrogens with one attached hydrogen (secondary N) is 9. The number of amides is 12. The maximum atomic E-state index is 15.3. The predicted octanol–water partition coefficient (Wildman–Crippen LogP) is -4.38. The number of carbonyl (C=O) groups is 12. The number of nitrogens with two attached hydrogens (primary N) is 4. The molecule has 12 amide bonds. The van der Waals surface area contributed by atoms with Crippen molar-refractivity contribution in [3.63, 3.8) is 0 Å². The zero-order chi connectivity index (χ0) is 75.2. The molecule has 0 aliphatic carbocycles. The van der Waals surface area contributed by atoms with Crippen molar-refractivity contribution in [1.82, 2.24) is 67.7 Å². The van der Waals surface area contributed by atoms with E-state index in [9.17, 15) is 58.5 Å². The van der Waals surface area contributed by atoms with Crippen LogP contribution in [0.4, 0.5) is 0 Å². The maximum absolute atomic E-state index is 15.3. The van der Waals surface area contributed by atoms with Gasteiger partial charge in [-0.05, 0) is 85.7 Å². The number of carbonyl (C=O) groups excluding carboxylic acids is 12. The average Bonchev–Trinajstić information content (AvgIpc) is 1.81. The predicted molar refractivity (Wildman–Crippen MR) is 368 cm³/mol. The first-order valence-electron chi connectivity index (χ1n) is 34.4. The molecule has 0 unspecified atom stereocenters. The third-order valence-electron chi connectivity index (χ3n) is 17.9. The Kier molecular flexibility index (Phi) is 29.9. The first-order valence-corrected chi connectivity index (χ1v) is 34.4. The van der Waals surface area contributed by atoms with E-state index in [0.29, 0.717) is 16.7 Å². The van der Waals surface area contributed by atoms with Crippen LogP contribution in [-0.2, 0) is 99.2 Å². The number of aliphatic hydroxyl groups excluding tert-OH is 2. The minimum Gasteiger partial charge on any atom is -0.508 e. The summed E-state index contributed by atoms with van der Waals surface area (Å²) in [7, 11) is 1.30. The second-order valence-corrected chi connectivity index (χ2v) is 26.9. The highest BCUT2D eigenvalue weighted by molar-refractivity contribution is 6.01. The smallest absolute Gasteiger partial charge is 0.246 e. The lowest BCUT2D eigenvalue weighted by molar-refractivity contribution is -0.254. The van der Waals surface area contributed by atoms with Gasteiger partial charge in [0.15, 0.2) is 6.29 Å². The number of methoxy groups -OCH3 is 1. The average molecular weight is 1440 g/mol.